The average molecular weight is 360 g/mol. The fourth-order valence-corrected chi connectivity index (χ4v) is 7.70. The van der Waals surface area contributed by atoms with Crippen LogP contribution in [0.4, 0.5) is 0 Å². The largest absolute Gasteiger partial charge is 0.295 e. The van der Waals surface area contributed by atoms with Crippen molar-refractivity contribution in [3.05, 3.63) is 47.0 Å². The van der Waals surface area contributed by atoms with Crippen LogP contribution >= 0.6 is 0 Å². The lowest BCUT2D eigenvalue weighted by atomic mass is 9.65. The molecule has 1 aromatic rings. The van der Waals surface area contributed by atoms with Crippen molar-refractivity contribution in [2.75, 3.05) is 6.54 Å². The third-order valence-corrected chi connectivity index (χ3v) is 8.47. The Morgan fingerprint density at radius 3 is 2.89 bits per heavy atom. The Hall–Kier alpha value is -1.70. The maximum absolute atomic E-state index is 4.93. The summed E-state index contributed by atoms with van der Waals surface area (Å²) in [5.74, 6) is 2.23. The summed E-state index contributed by atoms with van der Waals surface area (Å²) in [5.41, 5.74) is 4.85. The van der Waals surface area contributed by atoms with Gasteiger partial charge < -0.3 is 0 Å². The molecule has 1 aromatic carbocycles. The molecule has 0 N–H and O–H groups in total. The summed E-state index contributed by atoms with van der Waals surface area (Å²) in [6.07, 6.45) is 14.5. The predicted molar refractivity (Wildman–Crippen MR) is 111 cm³/mol. The number of hydrogen-bond donors (Lipinski definition) is 0. The Labute approximate surface area is 163 Å². The van der Waals surface area contributed by atoms with E-state index in [1.807, 2.05) is 0 Å². The van der Waals surface area contributed by atoms with Gasteiger partial charge in [-0.2, -0.15) is 0 Å². The van der Waals surface area contributed by atoms with E-state index in [0.29, 0.717) is 11.5 Å². The number of fused-ring (bicyclic) bond motifs is 3. The lowest BCUT2D eigenvalue weighted by Crippen LogP contribution is -2.51. The van der Waals surface area contributed by atoms with Crippen LogP contribution in [0, 0.1) is 11.8 Å². The van der Waals surface area contributed by atoms with Crippen LogP contribution in [-0.4, -0.2) is 34.6 Å². The summed E-state index contributed by atoms with van der Waals surface area (Å²) in [6.45, 7) is 8.33. The number of rotatable bonds is 1. The number of benzene rings is 1. The number of nitrogens with zero attached hydrogens (tertiary/aromatic N) is 2. The van der Waals surface area contributed by atoms with Crippen molar-refractivity contribution in [2.45, 2.75) is 75.3 Å². The van der Waals surface area contributed by atoms with Gasteiger partial charge in [0.05, 0.1) is 0 Å². The fourth-order valence-electron chi connectivity index (χ4n) is 7.70. The van der Waals surface area contributed by atoms with Crippen LogP contribution in [0.3, 0.4) is 0 Å². The van der Waals surface area contributed by atoms with E-state index in [2.05, 4.69) is 68.1 Å². The van der Waals surface area contributed by atoms with Gasteiger partial charge in [-0.05, 0) is 35.8 Å². The predicted octanol–water partition coefficient (Wildman–Crippen LogP) is 4.88. The van der Waals surface area contributed by atoms with Crippen molar-refractivity contribution in [1.29, 1.82) is 0 Å². The van der Waals surface area contributed by atoms with Crippen LogP contribution in [0.1, 0.15) is 69.9 Å². The molecular weight excluding hydrogens is 328 g/mol. The Balaban J connectivity index is 1.60. The van der Waals surface area contributed by atoms with Crippen LogP contribution < -0.4 is 0 Å². The second kappa shape index (κ2) is 5.01. The van der Waals surface area contributed by atoms with Gasteiger partial charge >= 0.3 is 0 Å². The molecule has 1 spiro atoms. The van der Waals surface area contributed by atoms with E-state index in [-0.39, 0.29) is 11.0 Å². The molecule has 7 rings (SSSR count). The first-order valence-electron chi connectivity index (χ1n) is 10.9. The van der Waals surface area contributed by atoms with Gasteiger partial charge in [0, 0.05) is 57.4 Å². The fraction of sp³-hybridized carbons (Fsp3) is 0.600. The average Bonchev–Trinajstić information content (AvgIpc) is 2.92. The van der Waals surface area contributed by atoms with Crippen LogP contribution in [0.25, 0.3) is 0 Å². The summed E-state index contributed by atoms with van der Waals surface area (Å²) >= 11 is 0. The van der Waals surface area contributed by atoms with Crippen molar-refractivity contribution in [1.82, 2.24) is 0 Å². The first-order valence-corrected chi connectivity index (χ1v) is 10.9. The van der Waals surface area contributed by atoms with Gasteiger partial charge in [-0.1, -0.05) is 37.3 Å². The molecule has 3 heterocycles. The molecule has 4 unspecified atom stereocenters. The highest BCUT2D eigenvalue weighted by Gasteiger charge is 2.65. The maximum atomic E-state index is 4.93. The van der Waals surface area contributed by atoms with Gasteiger partial charge in [0.2, 0.25) is 0 Å². The monoisotopic (exact) mass is 359 g/mol. The molecule has 0 amide bonds. The molecule has 27 heavy (non-hydrogen) atoms. The number of aliphatic imine (C=N–C) groups is 1. The third-order valence-electron chi connectivity index (χ3n) is 8.47. The molecule has 5 atom stereocenters. The molecule has 2 saturated carbocycles. The topological polar surface area (TPSA) is 15.4 Å². The second-order valence-electron chi connectivity index (χ2n) is 10.6. The van der Waals surface area contributed by atoms with E-state index in [1.165, 1.54) is 43.2 Å². The summed E-state index contributed by atoms with van der Waals surface area (Å²) in [5, 5.41) is 0. The first-order chi connectivity index (χ1) is 12.9. The van der Waals surface area contributed by atoms with Crippen molar-refractivity contribution in [3.63, 3.8) is 0 Å². The molecule has 140 valence electrons. The Kier molecular flexibility index (Phi) is 3.02. The standard InChI is InChI=1S/C25H31N2/c1-17-10-18-8-9-24(12-17,13-18)27-16-25-15-26-14-19(11-22(25)23(27,2)3)20-6-4-5-7-21(20)25/h4-7,11,15-19H,8-10,12-14H2,1-3H3/q+1/t17?,18?,19?,24?,25-/m0/s1. The molecule has 3 aliphatic carbocycles. The molecule has 0 radical (unpaired) electrons. The Morgan fingerprint density at radius 1 is 1.15 bits per heavy atom. The molecule has 6 aliphatic rings. The van der Waals surface area contributed by atoms with E-state index < -0.39 is 0 Å². The third kappa shape index (κ3) is 1.92. The number of hydrogen-bond acceptors (Lipinski definition) is 1. The normalized spacial score (nSPS) is 43.0. The van der Waals surface area contributed by atoms with Crippen LogP contribution in [-0.2, 0) is 5.41 Å². The van der Waals surface area contributed by atoms with Crippen LogP contribution in [0.15, 0.2) is 40.9 Å². The summed E-state index contributed by atoms with van der Waals surface area (Å²) in [4.78, 5) is 4.93. The van der Waals surface area contributed by atoms with Crippen molar-refractivity contribution in [3.8, 4) is 0 Å². The van der Waals surface area contributed by atoms with Gasteiger partial charge in [-0.3, -0.25) is 4.99 Å². The molecule has 3 aliphatic heterocycles. The molecule has 0 saturated heterocycles. The molecule has 2 nitrogen and oxygen atoms in total. The van der Waals surface area contributed by atoms with E-state index in [9.17, 15) is 0 Å². The zero-order valence-corrected chi connectivity index (χ0v) is 16.9. The smallest absolute Gasteiger partial charge is 0.180 e. The lowest BCUT2D eigenvalue weighted by Gasteiger charge is -2.39. The van der Waals surface area contributed by atoms with Crippen molar-refractivity contribution >= 4 is 12.4 Å². The van der Waals surface area contributed by atoms with Crippen molar-refractivity contribution < 1.29 is 4.58 Å². The van der Waals surface area contributed by atoms with E-state index in [1.54, 1.807) is 5.57 Å². The lowest BCUT2D eigenvalue weighted by molar-refractivity contribution is -0.656. The quantitative estimate of drug-likeness (QED) is 0.502. The molecule has 2 fully saturated rings. The summed E-state index contributed by atoms with van der Waals surface area (Å²) in [7, 11) is 0. The summed E-state index contributed by atoms with van der Waals surface area (Å²) in [6, 6.07) is 9.11. The van der Waals surface area contributed by atoms with Gasteiger partial charge in [-0.15, -0.1) is 0 Å². The highest BCUT2D eigenvalue weighted by Crippen LogP contribution is 2.57. The maximum Gasteiger partial charge on any atom is 0.180 e. The second-order valence-corrected chi connectivity index (χ2v) is 10.6. The summed E-state index contributed by atoms with van der Waals surface area (Å²) < 4.78 is 2.83. The van der Waals surface area contributed by atoms with Gasteiger partial charge in [0.1, 0.15) is 5.41 Å². The van der Waals surface area contributed by atoms with E-state index in [0.717, 1.165) is 18.4 Å². The zero-order chi connectivity index (χ0) is 18.4. The van der Waals surface area contributed by atoms with E-state index >= 15 is 0 Å². The van der Waals surface area contributed by atoms with Gasteiger partial charge in [0.15, 0.2) is 17.3 Å². The molecule has 2 heteroatoms. The van der Waals surface area contributed by atoms with Crippen LogP contribution in [0.2, 0.25) is 0 Å². The Morgan fingerprint density at radius 2 is 2.00 bits per heavy atom. The molecule has 0 aromatic heterocycles. The molecular formula is C25H31N2+. The highest BCUT2D eigenvalue weighted by molar-refractivity contribution is 6.03. The minimum Gasteiger partial charge on any atom is -0.295 e. The van der Waals surface area contributed by atoms with Crippen LogP contribution in [0.5, 0.6) is 0 Å². The molecule has 4 bridgehead atoms. The van der Waals surface area contributed by atoms with Gasteiger partial charge in [0.25, 0.3) is 0 Å². The van der Waals surface area contributed by atoms with Crippen molar-refractivity contribution in [2.24, 2.45) is 16.8 Å². The highest BCUT2D eigenvalue weighted by atomic mass is 15.2. The minimum atomic E-state index is -0.124. The minimum absolute atomic E-state index is 0.0636. The zero-order valence-electron chi connectivity index (χ0n) is 16.9. The Bertz CT molecular complexity index is 920. The SMILES string of the molecule is CC1CC2CCC([N+]3=C[C@]45C=NCC(C=C4C3(C)C)c3ccccc35)(C1)C2. The first kappa shape index (κ1) is 16.3. The van der Waals surface area contributed by atoms with Gasteiger partial charge in [-0.25, -0.2) is 4.58 Å². The van der Waals surface area contributed by atoms with E-state index in [4.69, 9.17) is 4.99 Å².